The van der Waals surface area contributed by atoms with Gasteiger partial charge in [0.2, 0.25) is 0 Å². The quantitative estimate of drug-likeness (QED) is 0.853. The van der Waals surface area contributed by atoms with Gasteiger partial charge >= 0.3 is 0 Å². The molecule has 7 nitrogen and oxygen atoms in total. The molecule has 0 bridgehead atoms. The Balaban J connectivity index is 1.85. The summed E-state index contributed by atoms with van der Waals surface area (Å²) in [7, 11) is -3.96. The molecule has 0 amide bonds. The van der Waals surface area contributed by atoms with Crippen LogP contribution in [0.2, 0.25) is 5.15 Å². The minimum absolute atomic E-state index is 0.0102. The highest BCUT2D eigenvalue weighted by molar-refractivity contribution is 7.92. The lowest BCUT2D eigenvalue weighted by atomic mass is 10.3. The van der Waals surface area contributed by atoms with Crippen LogP contribution in [-0.4, -0.2) is 36.4 Å². The molecule has 1 N–H and O–H groups in total. The molecule has 2 aromatic rings. The van der Waals surface area contributed by atoms with Gasteiger partial charge in [0.05, 0.1) is 24.5 Å². The third-order valence-corrected chi connectivity index (χ3v) is 4.84. The van der Waals surface area contributed by atoms with Crippen molar-refractivity contribution >= 4 is 27.3 Å². The van der Waals surface area contributed by atoms with Gasteiger partial charge in [0.15, 0.2) is 11.0 Å². The first-order valence-electron chi connectivity index (χ1n) is 6.42. The highest BCUT2D eigenvalue weighted by atomic mass is 35.5. The second-order valence-electron chi connectivity index (χ2n) is 4.74. The Morgan fingerprint density at radius 3 is 3.05 bits per heavy atom. The van der Waals surface area contributed by atoms with Crippen LogP contribution in [-0.2, 0) is 14.8 Å². The molecule has 0 aromatic carbocycles. The average molecular weight is 347 g/mol. The maximum atomic E-state index is 13.7. The maximum Gasteiger partial charge on any atom is 0.265 e. The van der Waals surface area contributed by atoms with Crippen LogP contribution < -0.4 is 4.72 Å². The van der Waals surface area contributed by atoms with E-state index in [1.54, 1.807) is 0 Å². The summed E-state index contributed by atoms with van der Waals surface area (Å²) < 4.78 is 47.2. The molecular formula is C12H12ClFN4O3S. The van der Waals surface area contributed by atoms with Crippen molar-refractivity contribution in [3.63, 3.8) is 0 Å². The molecule has 22 heavy (non-hydrogen) atoms. The fourth-order valence-corrected chi connectivity index (χ4v) is 3.25. The van der Waals surface area contributed by atoms with Gasteiger partial charge in [0.1, 0.15) is 4.90 Å². The van der Waals surface area contributed by atoms with Crippen LogP contribution in [0.1, 0.15) is 12.5 Å². The van der Waals surface area contributed by atoms with Crippen molar-refractivity contribution in [1.29, 1.82) is 0 Å². The molecule has 0 saturated carbocycles. The molecule has 1 aliphatic heterocycles. The molecule has 1 saturated heterocycles. The molecule has 10 heteroatoms. The number of rotatable bonds is 4. The van der Waals surface area contributed by atoms with Gasteiger partial charge in [0.25, 0.3) is 10.0 Å². The van der Waals surface area contributed by atoms with Gasteiger partial charge < -0.3 is 4.74 Å². The fourth-order valence-electron chi connectivity index (χ4n) is 2.09. The largest absolute Gasteiger partial charge is 0.379 e. The first-order valence-corrected chi connectivity index (χ1v) is 8.28. The number of sulfonamides is 1. The van der Waals surface area contributed by atoms with Crippen LogP contribution in [0.5, 0.6) is 0 Å². The number of pyridine rings is 1. The molecule has 3 rings (SSSR count). The van der Waals surface area contributed by atoms with Gasteiger partial charge in [-0.2, -0.15) is 5.10 Å². The van der Waals surface area contributed by atoms with E-state index < -0.39 is 21.0 Å². The van der Waals surface area contributed by atoms with E-state index >= 15 is 0 Å². The van der Waals surface area contributed by atoms with Crippen molar-refractivity contribution in [3.8, 4) is 0 Å². The minimum Gasteiger partial charge on any atom is -0.379 e. The van der Waals surface area contributed by atoms with Gasteiger partial charge in [-0.05, 0) is 12.5 Å². The summed E-state index contributed by atoms with van der Waals surface area (Å²) in [6, 6.07) is 1.20. The van der Waals surface area contributed by atoms with Gasteiger partial charge in [-0.15, -0.1) is 0 Å². The molecule has 118 valence electrons. The normalized spacial score (nSPS) is 18.5. The molecular weight excluding hydrogens is 335 g/mol. The number of nitrogens with zero attached hydrogens (tertiary/aromatic N) is 3. The van der Waals surface area contributed by atoms with Crippen molar-refractivity contribution < 1.29 is 17.5 Å². The number of aromatic nitrogens is 3. The van der Waals surface area contributed by atoms with Crippen molar-refractivity contribution in [1.82, 2.24) is 14.8 Å². The number of ether oxygens (including phenoxy) is 1. The lowest BCUT2D eigenvalue weighted by Gasteiger charge is -2.08. The SMILES string of the molecule is O=S(=O)(Nc1ccnc(Cl)c1F)c1cnn(C2CCOC2)c1. The topological polar surface area (TPSA) is 86.1 Å². The Labute approximate surface area is 131 Å². The Morgan fingerprint density at radius 1 is 1.50 bits per heavy atom. The van der Waals surface area contributed by atoms with E-state index in [1.807, 2.05) is 0 Å². The zero-order valence-electron chi connectivity index (χ0n) is 11.2. The van der Waals surface area contributed by atoms with E-state index in [0.717, 1.165) is 6.42 Å². The van der Waals surface area contributed by atoms with E-state index in [1.165, 1.54) is 29.3 Å². The predicted octanol–water partition coefficient (Wildman–Crippen LogP) is 1.83. The van der Waals surface area contributed by atoms with Crippen molar-refractivity contribution in [2.75, 3.05) is 17.9 Å². The molecule has 3 heterocycles. The summed E-state index contributed by atoms with van der Waals surface area (Å²) in [6.07, 6.45) is 4.58. The number of hydrogen-bond donors (Lipinski definition) is 1. The molecule has 0 aliphatic carbocycles. The second kappa shape index (κ2) is 5.82. The van der Waals surface area contributed by atoms with Crippen molar-refractivity contribution in [2.24, 2.45) is 0 Å². The van der Waals surface area contributed by atoms with E-state index in [9.17, 15) is 12.8 Å². The summed E-state index contributed by atoms with van der Waals surface area (Å²) in [6.45, 7) is 1.11. The summed E-state index contributed by atoms with van der Waals surface area (Å²) >= 11 is 5.53. The highest BCUT2D eigenvalue weighted by Crippen LogP contribution is 2.24. The number of hydrogen-bond acceptors (Lipinski definition) is 5. The smallest absolute Gasteiger partial charge is 0.265 e. The predicted molar refractivity (Wildman–Crippen MR) is 76.7 cm³/mol. The summed E-state index contributed by atoms with van der Waals surface area (Å²) in [5, 5.41) is 3.63. The molecule has 1 fully saturated rings. The van der Waals surface area contributed by atoms with E-state index in [-0.39, 0.29) is 16.6 Å². The number of anilines is 1. The van der Waals surface area contributed by atoms with Crippen LogP contribution in [0.3, 0.4) is 0 Å². The molecule has 1 aliphatic rings. The average Bonchev–Trinajstić information content (AvgIpc) is 3.13. The van der Waals surface area contributed by atoms with Crippen LogP contribution in [0.4, 0.5) is 10.1 Å². The van der Waals surface area contributed by atoms with Gasteiger partial charge in [-0.25, -0.2) is 17.8 Å². The van der Waals surface area contributed by atoms with E-state index in [0.29, 0.717) is 13.2 Å². The lowest BCUT2D eigenvalue weighted by molar-refractivity contribution is 0.184. The third-order valence-electron chi connectivity index (χ3n) is 3.26. The third kappa shape index (κ3) is 2.92. The molecule has 1 unspecified atom stereocenters. The van der Waals surface area contributed by atoms with E-state index in [4.69, 9.17) is 16.3 Å². The lowest BCUT2D eigenvalue weighted by Crippen LogP contribution is -2.14. The summed E-state index contributed by atoms with van der Waals surface area (Å²) in [5.41, 5.74) is -0.267. The Kier molecular flexibility index (Phi) is 4.02. The number of nitrogens with one attached hydrogen (secondary N) is 1. The van der Waals surface area contributed by atoms with Crippen molar-refractivity contribution in [3.05, 3.63) is 35.6 Å². The van der Waals surface area contributed by atoms with Crippen LogP contribution >= 0.6 is 11.6 Å². The first kappa shape index (κ1) is 15.2. The second-order valence-corrected chi connectivity index (χ2v) is 6.78. The Bertz CT molecular complexity index is 789. The number of halogens is 2. The molecule has 1 atom stereocenters. The zero-order chi connectivity index (χ0) is 15.7. The zero-order valence-corrected chi connectivity index (χ0v) is 12.8. The summed E-state index contributed by atoms with van der Waals surface area (Å²) in [5.74, 6) is -0.927. The van der Waals surface area contributed by atoms with Crippen LogP contribution in [0, 0.1) is 5.82 Å². The minimum atomic E-state index is -3.96. The van der Waals surface area contributed by atoms with E-state index in [2.05, 4.69) is 14.8 Å². The van der Waals surface area contributed by atoms with Gasteiger partial charge in [0, 0.05) is 19.0 Å². The molecule has 0 radical (unpaired) electrons. The van der Waals surface area contributed by atoms with Crippen LogP contribution in [0.25, 0.3) is 0 Å². The van der Waals surface area contributed by atoms with Gasteiger partial charge in [-0.3, -0.25) is 9.40 Å². The monoisotopic (exact) mass is 346 g/mol. The highest BCUT2D eigenvalue weighted by Gasteiger charge is 2.23. The Morgan fingerprint density at radius 2 is 2.32 bits per heavy atom. The van der Waals surface area contributed by atoms with Crippen LogP contribution in [0.15, 0.2) is 29.6 Å². The standard InChI is InChI=1S/C12H12ClFN4O3S/c13-12-11(14)10(1-3-15-12)17-22(19,20)9-5-16-18(6-9)8-2-4-21-7-8/h1,3,5-6,8H,2,4,7H2,(H,15,17). The molecule has 0 spiro atoms. The summed E-state index contributed by atoms with van der Waals surface area (Å²) in [4.78, 5) is 3.46. The maximum absolute atomic E-state index is 13.7. The molecule has 2 aromatic heterocycles. The van der Waals surface area contributed by atoms with Gasteiger partial charge in [-0.1, -0.05) is 11.6 Å². The Hall–Kier alpha value is -1.71. The fraction of sp³-hybridized carbons (Fsp3) is 0.333. The van der Waals surface area contributed by atoms with Crippen molar-refractivity contribution in [2.45, 2.75) is 17.4 Å². The first-order chi connectivity index (χ1) is 10.5.